The Morgan fingerprint density at radius 2 is 2.12 bits per heavy atom. The first-order chi connectivity index (χ1) is 11.4. The summed E-state index contributed by atoms with van der Waals surface area (Å²) in [5, 5.41) is 21.7. The lowest BCUT2D eigenvalue weighted by Gasteiger charge is -2.00. The fraction of sp³-hybridized carbons (Fsp3) is 0.143. The Kier molecular flexibility index (Phi) is 4.04. The number of aromatic nitrogens is 3. The molecule has 0 fully saturated rings. The molecular weight excluding hydrogens is 334 g/mol. The highest BCUT2D eigenvalue weighted by Gasteiger charge is 2.17. The number of anilines is 1. The van der Waals surface area contributed by atoms with E-state index in [1.54, 1.807) is 0 Å². The van der Waals surface area contributed by atoms with E-state index in [9.17, 15) is 14.9 Å². The molecule has 0 saturated carbocycles. The van der Waals surface area contributed by atoms with Gasteiger partial charge in [0.15, 0.2) is 0 Å². The average molecular weight is 345 g/mol. The van der Waals surface area contributed by atoms with E-state index in [-0.39, 0.29) is 23.2 Å². The number of amides is 1. The van der Waals surface area contributed by atoms with Gasteiger partial charge in [0.1, 0.15) is 4.88 Å². The number of benzene rings is 1. The van der Waals surface area contributed by atoms with Crippen molar-refractivity contribution in [3.63, 3.8) is 0 Å². The number of hydrogen-bond donors (Lipinski definition) is 1. The largest absolute Gasteiger partial charge is 0.402 e. The van der Waals surface area contributed by atoms with Crippen LogP contribution in [-0.2, 0) is 0 Å². The molecule has 2 aromatic heterocycles. The van der Waals surface area contributed by atoms with Crippen LogP contribution < -0.4 is 5.32 Å². The smallest absolute Gasteiger partial charge is 0.322 e. The highest BCUT2D eigenvalue weighted by atomic mass is 32.1. The molecule has 0 aliphatic rings. The number of non-ortho nitro benzene ring substituents is 1. The van der Waals surface area contributed by atoms with Crippen LogP contribution in [0.15, 0.2) is 28.7 Å². The number of nitrogens with zero attached hydrogens (tertiary/aromatic N) is 4. The third kappa shape index (κ3) is 3.13. The van der Waals surface area contributed by atoms with Crippen LogP contribution in [-0.4, -0.2) is 26.0 Å². The first kappa shape index (κ1) is 15.7. The quantitative estimate of drug-likeness (QED) is 0.569. The minimum atomic E-state index is -0.578. The van der Waals surface area contributed by atoms with E-state index < -0.39 is 10.8 Å². The van der Waals surface area contributed by atoms with Crippen LogP contribution in [0, 0.1) is 24.0 Å². The Labute approximate surface area is 139 Å². The highest BCUT2D eigenvalue weighted by Crippen LogP contribution is 2.29. The Morgan fingerprint density at radius 3 is 2.79 bits per heavy atom. The summed E-state index contributed by atoms with van der Waals surface area (Å²) in [6, 6.07) is 5.26. The zero-order valence-corrected chi connectivity index (χ0v) is 13.5. The Bertz CT molecular complexity index is 933. The van der Waals surface area contributed by atoms with Gasteiger partial charge in [-0.1, -0.05) is 11.2 Å². The van der Waals surface area contributed by atoms with Crippen molar-refractivity contribution in [1.29, 1.82) is 0 Å². The molecule has 1 aromatic carbocycles. The molecule has 0 saturated heterocycles. The van der Waals surface area contributed by atoms with Gasteiger partial charge in [-0.2, -0.15) is 0 Å². The van der Waals surface area contributed by atoms with Gasteiger partial charge in [-0.25, -0.2) is 4.98 Å². The summed E-state index contributed by atoms with van der Waals surface area (Å²) in [5.41, 5.74) is 0.705. The van der Waals surface area contributed by atoms with Crippen molar-refractivity contribution in [1.82, 2.24) is 15.2 Å². The number of thiazole rings is 1. The van der Waals surface area contributed by atoms with Gasteiger partial charge in [0, 0.05) is 17.7 Å². The lowest BCUT2D eigenvalue weighted by atomic mass is 10.2. The number of rotatable bonds is 4. The van der Waals surface area contributed by atoms with Crippen molar-refractivity contribution in [3.05, 3.63) is 50.6 Å². The second-order valence-electron chi connectivity index (χ2n) is 4.82. The van der Waals surface area contributed by atoms with E-state index in [0.717, 1.165) is 15.6 Å². The van der Waals surface area contributed by atoms with Gasteiger partial charge in [0.2, 0.25) is 0 Å². The van der Waals surface area contributed by atoms with E-state index in [1.165, 1.54) is 35.6 Å². The molecule has 2 heterocycles. The summed E-state index contributed by atoms with van der Waals surface area (Å²) in [4.78, 5) is 27.3. The predicted molar refractivity (Wildman–Crippen MR) is 85.9 cm³/mol. The first-order valence-corrected chi connectivity index (χ1v) is 7.59. The topological polar surface area (TPSA) is 124 Å². The molecule has 0 atom stereocenters. The maximum absolute atomic E-state index is 12.1. The number of hydrogen-bond acceptors (Lipinski definition) is 8. The number of carbonyl (C=O) groups excluding carboxylic acids is 1. The summed E-state index contributed by atoms with van der Waals surface area (Å²) in [6.45, 7) is 3.69. The predicted octanol–water partition coefficient (Wildman–Crippen LogP) is 2.97. The summed E-state index contributed by atoms with van der Waals surface area (Å²) >= 11 is 1.41. The van der Waals surface area contributed by atoms with Gasteiger partial charge >= 0.3 is 6.01 Å². The van der Waals surface area contributed by atoms with Crippen molar-refractivity contribution in [3.8, 4) is 10.8 Å². The maximum Gasteiger partial charge on any atom is 0.322 e. The molecule has 3 rings (SSSR count). The van der Waals surface area contributed by atoms with Gasteiger partial charge < -0.3 is 4.42 Å². The van der Waals surface area contributed by atoms with Crippen LogP contribution in [0.2, 0.25) is 0 Å². The van der Waals surface area contributed by atoms with E-state index in [4.69, 9.17) is 4.42 Å². The number of nitrogens with one attached hydrogen (secondary N) is 1. The van der Waals surface area contributed by atoms with Gasteiger partial charge in [0.25, 0.3) is 17.5 Å². The highest BCUT2D eigenvalue weighted by molar-refractivity contribution is 7.15. The molecule has 0 spiro atoms. The SMILES string of the molecule is Cc1nc(C)c(-c2nnc(NC(=O)c3cccc([N+](=O)[O-])c3)o2)s1. The number of carbonyl (C=O) groups is 1. The lowest BCUT2D eigenvalue weighted by molar-refractivity contribution is -0.384. The Morgan fingerprint density at radius 1 is 1.33 bits per heavy atom. The lowest BCUT2D eigenvalue weighted by Crippen LogP contribution is -2.12. The van der Waals surface area contributed by atoms with Crippen LogP contribution >= 0.6 is 11.3 Å². The van der Waals surface area contributed by atoms with Crippen molar-refractivity contribution in [2.24, 2.45) is 0 Å². The summed E-state index contributed by atoms with van der Waals surface area (Å²) in [7, 11) is 0. The normalized spacial score (nSPS) is 10.6. The Hall–Kier alpha value is -3.14. The summed E-state index contributed by atoms with van der Waals surface area (Å²) in [5.74, 6) is -0.321. The molecule has 122 valence electrons. The van der Waals surface area contributed by atoms with Crippen molar-refractivity contribution in [2.45, 2.75) is 13.8 Å². The third-order valence-electron chi connectivity index (χ3n) is 3.06. The van der Waals surface area contributed by atoms with Gasteiger partial charge in [-0.15, -0.1) is 16.4 Å². The van der Waals surface area contributed by atoms with Gasteiger partial charge in [-0.3, -0.25) is 20.2 Å². The minimum Gasteiger partial charge on any atom is -0.402 e. The molecule has 1 N–H and O–H groups in total. The molecular formula is C14H11N5O4S. The monoisotopic (exact) mass is 345 g/mol. The second kappa shape index (κ2) is 6.16. The summed E-state index contributed by atoms with van der Waals surface area (Å²) < 4.78 is 5.42. The molecule has 9 nitrogen and oxygen atoms in total. The molecule has 24 heavy (non-hydrogen) atoms. The summed E-state index contributed by atoms with van der Waals surface area (Å²) in [6.07, 6.45) is 0. The van der Waals surface area contributed by atoms with E-state index >= 15 is 0 Å². The van der Waals surface area contributed by atoms with E-state index in [2.05, 4.69) is 20.5 Å². The maximum atomic E-state index is 12.1. The van der Waals surface area contributed by atoms with Crippen molar-refractivity contribution < 1.29 is 14.1 Å². The molecule has 1 amide bonds. The molecule has 0 unspecified atom stereocenters. The zero-order chi connectivity index (χ0) is 17.3. The molecule has 10 heteroatoms. The van der Waals surface area contributed by atoms with Gasteiger partial charge in [0.05, 0.1) is 15.6 Å². The average Bonchev–Trinajstić information content (AvgIpc) is 3.13. The minimum absolute atomic E-state index is 0.0908. The number of nitro groups is 1. The fourth-order valence-corrected chi connectivity index (χ4v) is 2.87. The van der Waals surface area contributed by atoms with Crippen molar-refractivity contribution >= 4 is 28.9 Å². The van der Waals surface area contributed by atoms with Gasteiger partial charge in [-0.05, 0) is 19.9 Å². The number of aryl methyl sites for hydroxylation is 2. The zero-order valence-electron chi connectivity index (χ0n) is 12.6. The van der Waals surface area contributed by atoms with Crippen LogP contribution in [0.4, 0.5) is 11.7 Å². The molecule has 0 bridgehead atoms. The molecule has 3 aromatic rings. The van der Waals surface area contributed by atoms with Crippen LogP contribution in [0.3, 0.4) is 0 Å². The van der Waals surface area contributed by atoms with E-state index in [1.807, 2.05) is 13.8 Å². The third-order valence-corrected chi connectivity index (χ3v) is 4.12. The Balaban J connectivity index is 1.79. The van der Waals surface area contributed by atoms with Crippen molar-refractivity contribution in [2.75, 3.05) is 5.32 Å². The van der Waals surface area contributed by atoms with E-state index in [0.29, 0.717) is 0 Å². The second-order valence-corrected chi connectivity index (χ2v) is 6.02. The first-order valence-electron chi connectivity index (χ1n) is 6.78. The van der Waals surface area contributed by atoms with Crippen LogP contribution in [0.5, 0.6) is 0 Å². The van der Waals surface area contributed by atoms with Crippen LogP contribution in [0.25, 0.3) is 10.8 Å². The molecule has 0 aliphatic carbocycles. The van der Waals surface area contributed by atoms with Crippen LogP contribution in [0.1, 0.15) is 21.1 Å². The molecule has 0 radical (unpaired) electrons. The standard InChI is InChI=1S/C14H11N5O4S/c1-7-11(24-8(2)15-7)13-17-18-14(23-13)16-12(20)9-4-3-5-10(6-9)19(21)22/h3-6H,1-2H3,(H,16,18,20). The fourth-order valence-electron chi connectivity index (χ4n) is 2.03. The number of nitro benzene ring substituents is 1. The molecule has 0 aliphatic heterocycles.